The molecule has 1 heterocycles. The van der Waals surface area contributed by atoms with Gasteiger partial charge >= 0.3 is 0 Å². The summed E-state index contributed by atoms with van der Waals surface area (Å²) in [5, 5.41) is 3.46. The van der Waals surface area contributed by atoms with E-state index in [9.17, 15) is 0 Å². The molecule has 0 fully saturated rings. The van der Waals surface area contributed by atoms with Gasteiger partial charge in [-0.15, -0.1) is 6.58 Å². The van der Waals surface area contributed by atoms with Crippen molar-refractivity contribution in [3.8, 4) is 0 Å². The topological polar surface area (TPSA) is 28.2 Å². The van der Waals surface area contributed by atoms with Crippen LogP contribution in [0.3, 0.4) is 0 Å². The molecule has 0 aliphatic heterocycles. The van der Waals surface area contributed by atoms with Gasteiger partial charge in [0.1, 0.15) is 5.82 Å². The van der Waals surface area contributed by atoms with E-state index in [1.54, 1.807) is 0 Å². The molecule has 1 aromatic rings. The molecule has 0 aliphatic rings. The largest absolute Gasteiger partial charge is 0.348 e. The van der Waals surface area contributed by atoms with E-state index in [1.807, 2.05) is 18.3 Å². The van der Waals surface area contributed by atoms with Gasteiger partial charge in [-0.1, -0.05) is 26.0 Å². The van der Waals surface area contributed by atoms with Crippen LogP contribution in [0.15, 0.2) is 31.0 Å². The van der Waals surface area contributed by atoms with E-state index in [2.05, 4.69) is 62.5 Å². The smallest absolute Gasteiger partial charge is 0.133 e. The van der Waals surface area contributed by atoms with Gasteiger partial charge < -0.3 is 10.2 Å². The van der Waals surface area contributed by atoms with E-state index in [0.717, 1.165) is 18.9 Å². The Balaban J connectivity index is 3.05. The van der Waals surface area contributed by atoms with Crippen molar-refractivity contribution in [2.24, 2.45) is 0 Å². The summed E-state index contributed by atoms with van der Waals surface area (Å²) in [5.41, 5.74) is 1.25. The van der Waals surface area contributed by atoms with E-state index in [4.69, 9.17) is 0 Å². The molecule has 0 amide bonds. The maximum absolute atomic E-state index is 4.58. The predicted octanol–water partition coefficient (Wildman–Crippen LogP) is 3.37. The molecule has 0 bridgehead atoms. The van der Waals surface area contributed by atoms with Gasteiger partial charge in [-0.3, -0.25) is 0 Å². The van der Waals surface area contributed by atoms with Crippen molar-refractivity contribution < 1.29 is 0 Å². The third-order valence-corrected chi connectivity index (χ3v) is 2.95. The molecule has 0 spiro atoms. The summed E-state index contributed by atoms with van der Waals surface area (Å²) < 4.78 is 0. The quantitative estimate of drug-likeness (QED) is 0.796. The zero-order valence-electron chi connectivity index (χ0n) is 12.9. The number of pyridine rings is 1. The highest BCUT2D eigenvalue weighted by Crippen LogP contribution is 2.25. The molecule has 0 unspecified atom stereocenters. The third kappa shape index (κ3) is 4.67. The SMILES string of the molecule is C=CCN(c1ncccc1CNC(C)C)C(C)(C)C. The fourth-order valence-corrected chi connectivity index (χ4v) is 1.93. The second-order valence-corrected chi connectivity index (χ2v) is 6.09. The predicted molar refractivity (Wildman–Crippen MR) is 83.5 cm³/mol. The minimum Gasteiger partial charge on any atom is -0.348 e. The van der Waals surface area contributed by atoms with Crippen LogP contribution in [0.2, 0.25) is 0 Å². The summed E-state index contributed by atoms with van der Waals surface area (Å²) in [6.07, 6.45) is 3.79. The van der Waals surface area contributed by atoms with Gasteiger partial charge in [0.25, 0.3) is 0 Å². The monoisotopic (exact) mass is 261 g/mol. The lowest BCUT2D eigenvalue weighted by Gasteiger charge is -2.37. The van der Waals surface area contributed by atoms with Crippen molar-refractivity contribution in [3.05, 3.63) is 36.5 Å². The first-order valence-corrected chi connectivity index (χ1v) is 6.92. The third-order valence-electron chi connectivity index (χ3n) is 2.95. The Bertz CT molecular complexity index is 405. The van der Waals surface area contributed by atoms with E-state index < -0.39 is 0 Å². The Hall–Kier alpha value is -1.35. The summed E-state index contributed by atoms with van der Waals surface area (Å²) in [6, 6.07) is 4.60. The Labute approximate surface area is 117 Å². The molecular weight excluding hydrogens is 234 g/mol. The normalized spacial score (nSPS) is 11.7. The van der Waals surface area contributed by atoms with Crippen LogP contribution in [0.1, 0.15) is 40.2 Å². The number of anilines is 1. The Morgan fingerprint density at radius 3 is 2.63 bits per heavy atom. The zero-order chi connectivity index (χ0) is 14.5. The van der Waals surface area contributed by atoms with Gasteiger partial charge in [0.2, 0.25) is 0 Å². The number of hydrogen-bond acceptors (Lipinski definition) is 3. The molecule has 3 heteroatoms. The number of aromatic nitrogens is 1. The highest BCUT2D eigenvalue weighted by molar-refractivity contribution is 5.49. The lowest BCUT2D eigenvalue weighted by Crippen LogP contribution is -2.43. The van der Waals surface area contributed by atoms with E-state index >= 15 is 0 Å². The zero-order valence-corrected chi connectivity index (χ0v) is 12.9. The lowest BCUT2D eigenvalue weighted by atomic mass is 10.0. The lowest BCUT2D eigenvalue weighted by molar-refractivity contribution is 0.512. The minimum absolute atomic E-state index is 0.0229. The molecule has 106 valence electrons. The van der Waals surface area contributed by atoms with Crippen LogP contribution in [0.5, 0.6) is 0 Å². The maximum atomic E-state index is 4.58. The molecule has 1 N–H and O–H groups in total. The van der Waals surface area contributed by atoms with Crippen molar-refractivity contribution >= 4 is 5.82 Å². The number of rotatable bonds is 6. The summed E-state index contributed by atoms with van der Waals surface area (Å²) in [4.78, 5) is 6.87. The molecule has 1 aromatic heterocycles. The van der Waals surface area contributed by atoms with Crippen LogP contribution in [-0.4, -0.2) is 23.1 Å². The molecule has 0 saturated carbocycles. The van der Waals surface area contributed by atoms with Gasteiger partial charge in [-0.25, -0.2) is 4.98 Å². The van der Waals surface area contributed by atoms with Crippen LogP contribution in [-0.2, 0) is 6.54 Å². The molecule has 19 heavy (non-hydrogen) atoms. The maximum Gasteiger partial charge on any atom is 0.133 e. The fraction of sp³-hybridized carbons (Fsp3) is 0.562. The van der Waals surface area contributed by atoms with Crippen molar-refractivity contribution in [2.75, 3.05) is 11.4 Å². The van der Waals surface area contributed by atoms with Crippen LogP contribution in [0.25, 0.3) is 0 Å². The molecule has 0 radical (unpaired) electrons. The number of hydrogen-bond donors (Lipinski definition) is 1. The summed E-state index contributed by atoms with van der Waals surface area (Å²) in [7, 11) is 0. The standard InChI is InChI=1S/C16H27N3/c1-7-11-19(16(4,5)6)15-14(9-8-10-17-15)12-18-13(2)3/h7-10,13,18H,1,11-12H2,2-6H3. The van der Waals surface area contributed by atoms with Crippen molar-refractivity contribution in [2.45, 2.75) is 52.7 Å². The van der Waals surface area contributed by atoms with Crippen molar-refractivity contribution in [3.63, 3.8) is 0 Å². The summed E-state index contributed by atoms with van der Waals surface area (Å²) in [6.45, 7) is 16.4. The highest BCUT2D eigenvalue weighted by Gasteiger charge is 2.23. The van der Waals surface area contributed by atoms with Gasteiger partial charge in [-0.05, 0) is 26.8 Å². The van der Waals surface area contributed by atoms with Crippen molar-refractivity contribution in [1.29, 1.82) is 0 Å². The molecule has 0 saturated heterocycles. The van der Waals surface area contributed by atoms with Crippen LogP contribution in [0, 0.1) is 0 Å². The minimum atomic E-state index is 0.0229. The first-order valence-electron chi connectivity index (χ1n) is 6.92. The average molecular weight is 261 g/mol. The van der Waals surface area contributed by atoms with Gasteiger partial charge in [0.05, 0.1) is 0 Å². The average Bonchev–Trinajstić information content (AvgIpc) is 2.32. The molecule has 3 nitrogen and oxygen atoms in total. The van der Waals surface area contributed by atoms with Gasteiger partial charge in [-0.2, -0.15) is 0 Å². The Kier molecular flexibility index (Phi) is 5.55. The molecular formula is C16H27N3. The number of nitrogens with one attached hydrogen (secondary N) is 1. The molecule has 1 rings (SSSR count). The van der Waals surface area contributed by atoms with Gasteiger partial charge in [0.15, 0.2) is 0 Å². The van der Waals surface area contributed by atoms with Crippen LogP contribution in [0.4, 0.5) is 5.82 Å². The summed E-state index contributed by atoms with van der Waals surface area (Å²) in [5.74, 6) is 1.04. The second kappa shape index (κ2) is 6.71. The van der Waals surface area contributed by atoms with Crippen LogP contribution >= 0.6 is 0 Å². The van der Waals surface area contributed by atoms with E-state index in [-0.39, 0.29) is 5.54 Å². The first kappa shape index (κ1) is 15.7. The Morgan fingerprint density at radius 2 is 2.11 bits per heavy atom. The summed E-state index contributed by atoms with van der Waals surface area (Å²) >= 11 is 0. The van der Waals surface area contributed by atoms with E-state index in [1.165, 1.54) is 5.56 Å². The second-order valence-electron chi connectivity index (χ2n) is 6.09. The van der Waals surface area contributed by atoms with Crippen molar-refractivity contribution in [1.82, 2.24) is 10.3 Å². The fourth-order valence-electron chi connectivity index (χ4n) is 1.93. The first-order chi connectivity index (χ1) is 8.86. The van der Waals surface area contributed by atoms with Gasteiger partial charge in [0, 0.05) is 36.4 Å². The Morgan fingerprint density at radius 1 is 1.42 bits per heavy atom. The molecule has 0 atom stereocenters. The molecule has 0 aromatic carbocycles. The highest BCUT2D eigenvalue weighted by atomic mass is 15.2. The number of nitrogens with zero attached hydrogens (tertiary/aromatic N) is 2. The molecule has 0 aliphatic carbocycles. The van der Waals surface area contributed by atoms with Crippen LogP contribution < -0.4 is 10.2 Å². The van der Waals surface area contributed by atoms with E-state index in [0.29, 0.717) is 6.04 Å².